The number of rotatable bonds is 5. The van der Waals surface area contributed by atoms with Gasteiger partial charge >= 0.3 is 0 Å². The Labute approximate surface area is 188 Å². The monoisotopic (exact) mass is 455 g/mol. The highest BCUT2D eigenvalue weighted by molar-refractivity contribution is 7.13. The highest BCUT2D eigenvalue weighted by Crippen LogP contribution is 2.30. The van der Waals surface area contributed by atoms with Crippen LogP contribution in [0.2, 0.25) is 5.02 Å². The third-order valence-electron chi connectivity index (χ3n) is 4.80. The number of carbonyl (C=O) groups excluding carboxylic acids is 1. The van der Waals surface area contributed by atoms with Crippen LogP contribution in [0.15, 0.2) is 52.8 Å². The van der Waals surface area contributed by atoms with E-state index < -0.39 is 5.54 Å². The molecule has 4 aromatic rings. The van der Waals surface area contributed by atoms with Gasteiger partial charge in [0.1, 0.15) is 17.8 Å². The van der Waals surface area contributed by atoms with Crippen LogP contribution in [0.4, 0.5) is 0 Å². The SMILES string of the molecule is CC(C)(C)n1ncc2c(-c3cccs3)nn(CC(=O)NCc3ccccc3Cl)c(=O)c21. The Morgan fingerprint density at radius 3 is 2.65 bits per heavy atom. The summed E-state index contributed by atoms with van der Waals surface area (Å²) < 4.78 is 2.91. The average Bonchev–Trinajstić information content (AvgIpc) is 3.39. The minimum Gasteiger partial charge on any atom is -0.350 e. The van der Waals surface area contributed by atoms with Gasteiger partial charge in [0, 0.05) is 11.6 Å². The molecule has 0 fully saturated rings. The summed E-state index contributed by atoms with van der Waals surface area (Å²) in [6.45, 7) is 6.00. The number of fused-ring (bicyclic) bond motifs is 1. The second-order valence-corrected chi connectivity index (χ2v) is 9.50. The summed E-state index contributed by atoms with van der Waals surface area (Å²) in [6.07, 6.45) is 1.67. The number of halogens is 1. The lowest BCUT2D eigenvalue weighted by molar-refractivity contribution is -0.122. The summed E-state index contributed by atoms with van der Waals surface area (Å²) >= 11 is 7.68. The number of nitrogens with zero attached hydrogens (tertiary/aromatic N) is 4. The van der Waals surface area contributed by atoms with Gasteiger partial charge in [-0.25, -0.2) is 4.68 Å². The van der Waals surface area contributed by atoms with E-state index in [1.165, 1.54) is 16.0 Å². The van der Waals surface area contributed by atoms with Gasteiger partial charge in [0.05, 0.1) is 22.0 Å². The predicted octanol–water partition coefficient (Wildman–Crippen LogP) is 4.05. The molecule has 1 amide bonds. The van der Waals surface area contributed by atoms with Gasteiger partial charge < -0.3 is 5.32 Å². The van der Waals surface area contributed by atoms with Gasteiger partial charge in [0.2, 0.25) is 5.91 Å². The zero-order valence-corrected chi connectivity index (χ0v) is 19.0. The number of nitrogens with one attached hydrogen (secondary N) is 1. The number of hydrogen-bond acceptors (Lipinski definition) is 5. The summed E-state index contributed by atoms with van der Waals surface area (Å²) in [5.41, 5.74) is 1.12. The van der Waals surface area contributed by atoms with Crippen molar-refractivity contribution >= 4 is 39.7 Å². The molecule has 0 saturated heterocycles. The Bertz CT molecular complexity index is 1300. The number of hydrogen-bond donors (Lipinski definition) is 1. The molecular formula is C22H22ClN5O2S. The van der Waals surface area contributed by atoms with Crippen molar-refractivity contribution in [2.75, 3.05) is 0 Å². The lowest BCUT2D eigenvalue weighted by atomic mass is 10.1. The summed E-state index contributed by atoms with van der Waals surface area (Å²) in [6, 6.07) is 11.2. The van der Waals surface area contributed by atoms with Gasteiger partial charge in [0.25, 0.3) is 5.56 Å². The van der Waals surface area contributed by atoms with Crippen LogP contribution in [0.1, 0.15) is 26.3 Å². The molecular weight excluding hydrogens is 434 g/mol. The maximum absolute atomic E-state index is 13.3. The van der Waals surface area contributed by atoms with Crippen molar-refractivity contribution < 1.29 is 4.79 Å². The van der Waals surface area contributed by atoms with E-state index in [2.05, 4.69) is 15.5 Å². The largest absolute Gasteiger partial charge is 0.350 e. The molecule has 0 atom stereocenters. The van der Waals surface area contributed by atoms with Crippen LogP contribution in [0.5, 0.6) is 0 Å². The minimum absolute atomic E-state index is 0.201. The van der Waals surface area contributed by atoms with E-state index in [-0.39, 0.29) is 24.6 Å². The van der Waals surface area contributed by atoms with Gasteiger partial charge in [-0.1, -0.05) is 35.9 Å². The Morgan fingerprint density at radius 2 is 1.97 bits per heavy atom. The molecule has 1 N–H and O–H groups in total. The van der Waals surface area contributed by atoms with Crippen LogP contribution in [0.25, 0.3) is 21.5 Å². The highest BCUT2D eigenvalue weighted by Gasteiger charge is 2.24. The summed E-state index contributed by atoms with van der Waals surface area (Å²) in [5.74, 6) is -0.326. The smallest absolute Gasteiger partial charge is 0.293 e. The molecule has 0 spiro atoms. The van der Waals surface area contributed by atoms with E-state index in [1.807, 2.05) is 56.5 Å². The Balaban J connectivity index is 1.72. The molecule has 7 nitrogen and oxygen atoms in total. The fraction of sp³-hybridized carbons (Fsp3) is 0.273. The molecule has 1 aromatic carbocycles. The zero-order chi connectivity index (χ0) is 22.2. The number of thiophene rings is 1. The van der Waals surface area contributed by atoms with Crippen LogP contribution in [0.3, 0.4) is 0 Å². The van der Waals surface area contributed by atoms with Crippen molar-refractivity contribution in [2.24, 2.45) is 0 Å². The van der Waals surface area contributed by atoms with E-state index in [0.29, 0.717) is 21.6 Å². The second-order valence-electron chi connectivity index (χ2n) is 8.15. The van der Waals surface area contributed by atoms with E-state index in [9.17, 15) is 9.59 Å². The first-order valence-corrected chi connectivity index (χ1v) is 11.0. The van der Waals surface area contributed by atoms with Crippen LogP contribution < -0.4 is 10.9 Å². The van der Waals surface area contributed by atoms with Crippen molar-refractivity contribution in [1.29, 1.82) is 0 Å². The van der Waals surface area contributed by atoms with Gasteiger partial charge in [0.15, 0.2) is 0 Å². The molecule has 0 bridgehead atoms. The van der Waals surface area contributed by atoms with Gasteiger partial charge in [-0.05, 0) is 43.8 Å². The maximum Gasteiger partial charge on any atom is 0.293 e. The van der Waals surface area contributed by atoms with E-state index in [1.54, 1.807) is 16.9 Å². The molecule has 4 rings (SSSR count). The molecule has 31 heavy (non-hydrogen) atoms. The number of carbonyl (C=O) groups is 1. The molecule has 3 aromatic heterocycles. The molecule has 160 valence electrons. The molecule has 0 aliphatic rings. The van der Waals surface area contributed by atoms with Crippen molar-refractivity contribution in [1.82, 2.24) is 24.9 Å². The number of aromatic nitrogens is 4. The summed E-state index contributed by atoms with van der Waals surface area (Å²) in [7, 11) is 0. The van der Waals surface area contributed by atoms with Gasteiger partial charge in [-0.2, -0.15) is 10.2 Å². The lowest BCUT2D eigenvalue weighted by Crippen LogP contribution is -2.35. The molecule has 0 aliphatic carbocycles. The Kier molecular flexibility index (Phi) is 5.68. The summed E-state index contributed by atoms with van der Waals surface area (Å²) in [5, 5.41) is 15.0. The first-order valence-electron chi connectivity index (χ1n) is 9.79. The first kappa shape index (κ1) is 21.3. The normalized spacial score (nSPS) is 11.7. The third kappa shape index (κ3) is 4.26. The topological polar surface area (TPSA) is 81.8 Å². The van der Waals surface area contributed by atoms with Crippen molar-refractivity contribution in [3.05, 3.63) is 68.9 Å². The van der Waals surface area contributed by atoms with Crippen molar-refractivity contribution in [3.8, 4) is 10.6 Å². The van der Waals surface area contributed by atoms with Gasteiger partial charge in [-0.15, -0.1) is 11.3 Å². The molecule has 3 heterocycles. The highest BCUT2D eigenvalue weighted by atomic mass is 35.5. The maximum atomic E-state index is 13.3. The fourth-order valence-corrected chi connectivity index (χ4v) is 4.23. The van der Waals surface area contributed by atoms with Crippen LogP contribution in [-0.2, 0) is 23.4 Å². The first-order chi connectivity index (χ1) is 14.8. The average molecular weight is 456 g/mol. The van der Waals surface area contributed by atoms with E-state index in [4.69, 9.17) is 11.6 Å². The predicted molar refractivity (Wildman–Crippen MR) is 123 cm³/mol. The molecule has 0 radical (unpaired) electrons. The number of benzene rings is 1. The molecule has 0 saturated carbocycles. The van der Waals surface area contributed by atoms with E-state index >= 15 is 0 Å². The van der Waals surface area contributed by atoms with Crippen LogP contribution >= 0.6 is 22.9 Å². The Morgan fingerprint density at radius 1 is 1.19 bits per heavy atom. The second kappa shape index (κ2) is 8.28. The minimum atomic E-state index is -0.404. The fourth-order valence-electron chi connectivity index (χ4n) is 3.31. The van der Waals surface area contributed by atoms with Crippen molar-refractivity contribution in [3.63, 3.8) is 0 Å². The summed E-state index contributed by atoms with van der Waals surface area (Å²) in [4.78, 5) is 26.8. The van der Waals surface area contributed by atoms with Crippen LogP contribution in [-0.4, -0.2) is 25.5 Å². The quantitative estimate of drug-likeness (QED) is 0.492. The third-order valence-corrected chi connectivity index (χ3v) is 6.04. The molecule has 0 unspecified atom stereocenters. The number of amides is 1. The standard InChI is InChI=1S/C22H22ClN5O2S/c1-22(2,3)28-20-15(12-25-28)19(17-9-6-10-31-17)26-27(21(20)30)13-18(29)24-11-14-7-4-5-8-16(14)23/h4-10,12H,11,13H2,1-3H3,(H,24,29). The Hall–Kier alpha value is -2.97. The van der Waals surface area contributed by atoms with Gasteiger partial charge in [-0.3, -0.25) is 14.3 Å². The molecule has 9 heteroatoms. The molecule has 0 aliphatic heterocycles. The van der Waals surface area contributed by atoms with E-state index in [0.717, 1.165) is 10.4 Å². The zero-order valence-electron chi connectivity index (χ0n) is 17.4. The lowest BCUT2D eigenvalue weighted by Gasteiger charge is -2.20. The van der Waals surface area contributed by atoms with Crippen LogP contribution in [0, 0.1) is 0 Å². The van der Waals surface area contributed by atoms with Crippen molar-refractivity contribution in [2.45, 2.75) is 39.4 Å².